The number of hydrogen-bond donors (Lipinski definition) is 1. The SMILES string of the molecule is CCc1nc(Br)cc(NC2CCCN(CC)C2)n1. The van der Waals surface area contributed by atoms with Gasteiger partial charge in [0, 0.05) is 25.1 Å². The zero-order chi connectivity index (χ0) is 13.0. The number of halogens is 1. The Morgan fingerprint density at radius 1 is 1.44 bits per heavy atom. The van der Waals surface area contributed by atoms with E-state index in [9.17, 15) is 0 Å². The second-order valence-corrected chi connectivity index (χ2v) is 5.53. The van der Waals surface area contributed by atoms with Crippen molar-refractivity contribution in [2.24, 2.45) is 0 Å². The third-order valence-electron chi connectivity index (χ3n) is 3.36. The van der Waals surface area contributed by atoms with Crippen LogP contribution in [0.15, 0.2) is 10.7 Å². The van der Waals surface area contributed by atoms with Crippen LogP contribution < -0.4 is 5.32 Å². The fraction of sp³-hybridized carbons (Fsp3) is 0.692. The maximum absolute atomic E-state index is 4.53. The van der Waals surface area contributed by atoms with Gasteiger partial charge in [-0.25, -0.2) is 9.97 Å². The summed E-state index contributed by atoms with van der Waals surface area (Å²) in [5.41, 5.74) is 0. The van der Waals surface area contributed by atoms with E-state index in [4.69, 9.17) is 0 Å². The maximum atomic E-state index is 4.53. The Labute approximate surface area is 117 Å². The molecule has 1 aliphatic heterocycles. The summed E-state index contributed by atoms with van der Waals surface area (Å²) < 4.78 is 0.861. The lowest BCUT2D eigenvalue weighted by molar-refractivity contribution is 0.226. The fourth-order valence-corrected chi connectivity index (χ4v) is 2.79. The highest BCUT2D eigenvalue weighted by molar-refractivity contribution is 9.10. The number of hydrogen-bond acceptors (Lipinski definition) is 4. The van der Waals surface area contributed by atoms with Crippen molar-refractivity contribution in [2.45, 2.75) is 39.2 Å². The number of anilines is 1. The van der Waals surface area contributed by atoms with Gasteiger partial charge in [0.15, 0.2) is 0 Å². The average Bonchev–Trinajstić information content (AvgIpc) is 2.38. The van der Waals surface area contributed by atoms with E-state index in [0.717, 1.165) is 35.8 Å². The third kappa shape index (κ3) is 3.65. The van der Waals surface area contributed by atoms with Crippen molar-refractivity contribution in [3.8, 4) is 0 Å². The van der Waals surface area contributed by atoms with Crippen molar-refractivity contribution in [1.29, 1.82) is 0 Å². The quantitative estimate of drug-likeness (QED) is 0.868. The second-order valence-electron chi connectivity index (χ2n) is 4.72. The molecule has 5 heteroatoms. The molecule has 1 saturated heterocycles. The van der Waals surface area contributed by atoms with Crippen LogP contribution in [0.4, 0.5) is 5.82 Å². The van der Waals surface area contributed by atoms with Gasteiger partial charge < -0.3 is 10.2 Å². The summed E-state index contributed by atoms with van der Waals surface area (Å²) in [6.07, 6.45) is 3.35. The van der Waals surface area contributed by atoms with E-state index in [2.05, 4.69) is 50.0 Å². The molecule has 4 nitrogen and oxygen atoms in total. The van der Waals surface area contributed by atoms with Crippen LogP contribution in [0.1, 0.15) is 32.5 Å². The Hall–Kier alpha value is -0.680. The molecule has 100 valence electrons. The van der Waals surface area contributed by atoms with Crippen molar-refractivity contribution in [3.05, 3.63) is 16.5 Å². The summed E-state index contributed by atoms with van der Waals surface area (Å²) in [6, 6.07) is 2.47. The zero-order valence-corrected chi connectivity index (χ0v) is 12.7. The molecule has 1 unspecified atom stereocenters. The highest BCUT2D eigenvalue weighted by Gasteiger charge is 2.19. The van der Waals surface area contributed by atoms with Gasteiger partial charge in [0.1, 0.15) is 16.2 Å². The Kier molecular flexibility index (Phi) is 4.95. The van der Waals surface area contributed by atoms with Crippen LogP contribution in [0.3, 0.4) is 0 Å². The molecular weight excluding hydrogens is 292 g/mol. The van der Waals surface area contributed by atoms with Crippen molar-refractivity contribution in [1.82, 2.24) is 14.9 Å². The number of aromatic nitrogens is 2. The van der Waals surface area contributed by atoms with Gasteiger partial charge in [-0.15, -0.1) is 0 Å². The molecule has 2 rings (SSSR count). The molecule has 0 bridgehead atoms. The summed E-state index contributed by atoms with van der Waals surface area (Å²) in [5.74, 6) is 1.83. The molecule has 0 amide bonds. The van der Waals surface area contributed by atoms with Gasteiger partial charge in [-0.1, -0.05) is 13.8 Å². The van der Waals surface area contributed by atoms with E-state index in [1.807, 2.05) is 6.07 Å². The fourth-order valence-electron chi connectivity index (χ4n) is 2.37. The van der Waals surface area contributed by atoms with Crippen LogP contribution in [0.2, 0.25) is 0 Å². The lowest BCUT2D eigenvalue weighted by Gasteiger charge is -2.32. The molecule has 1 fully saturated rings. The van der Waals surface area contributed by atoms with Crippen LogP contribution in [-0.2, 0) is 6.42 Å². The Morgan fingerprint density at radius 3 is 3.00 bits per heavy atom. The van der Waals surface area contributed by atoms with Crippen LogP contribution in [0.25, 0.3) is 0 Å². The Balaban J connectivity index is 2.02. The topological polar surface area (TPSA) is 41.1 Å². The number of likely N-dealkylation sites (tertiary alicyclic amines) is 1. The van der Waals surface area contributed by atoms with Crippen LogP contribution >= 0.6 is 15.9 Å². The number of nitrogens with one attached hydrogen (secondary N) is 1. The van der Waals surface area contributed by atoms with Gasteiger partial charge in [-0.2, -0.15) is 0 Å². The second kappa shape index (κ2) is 6.48. The summed E-state index contributed by atoms with van der Waals surface area (Å²) >= 11 is 3.44. The molecule has 1 aromatic rings. The van der Waals surface area contributed by atoms with Gasteiger partial charge in [0.25, 0.3) is 0 Å². The Bertz CT molecular complexity index is 397. The van der Waals surface area contributed by atoms with E-state index in [1.54, 1.807) is 0 Å². The number of rotatable bonds is 4. The lowest BCUT2D eigenvalue weighted by atomic mass is 10.1. The van der Waals surface area contributed by atoms with Gasteiger partial charge >= 0.3 is 0 Å². The molecule has 0 aliphatic carbocycles. The average molecular weight is 313 g/mol. The molecule has 1 atom stereocenters. The predicted molar refractivity (Wildman–Crippen MR) is 77.9 cm³/mol. The highest BCUT2D eigenvalue weighted by atomic mass is 79.9. The van der Waals surface area contributed by atoms with E-state index in [0.29, 0.717) is 6.04 Å². The molecule has 0 saturated carbocycles. The van der Waals surface area contributed by atoms with Crippen LogP contribution in [0.5, 0.6) is 0 Å². The first-order valence-electron chi connectivity index (χ1n) is 6.73. The van der Waals surface area contributed by atoms with E-state index < -0.39 is 0 Å². The number of piperidine rings is 1. The first-order valence-corrected chi connectivity index (χ1v) is 7.53. The van der Waals surface area contributed by atoms with Gasteiger partial charge in [0.05, 0.1) is 0 Å². The first kappa shape index (κ1) is 13.7. The minimum Gasteiger partial charge on any atom is -0.366 e. The monoisotopic (exact) mass is 312 g/mol. The number of aryl methyl sites for hydroxylation is 1. The molecule has 0 radical (unpaired) electrons. The molecule has 1 aliphatic rings. The molecule has 1 aromatic heterocycles. The van der Waals surface area contributed by atoms with E-state index in [1.165, 1.54) is 19.4 Å². The molecule has 2 heterocycles. The zero-order valence-electron chi connectivity index (χ0n) is 11.1. The van der Waals surface area contributed by atoms with Crippen molar-refractivity contribution in [2.75, 3.05) is 25.0 Å². The predicted octanol–water partition coefficient (Wildman–Crippen LogP) is 2.70. The molecule has 0 aromatic carbocycles. The standard InChI is InChI=1S/C13H21BrN4/c1-3-12-16-11(14)8-13(17-12)15-10-6-5-7-18(4-2)9-10/h8,10H,3-7,9H2,1-2H3,(H,15,16,17). The molecular formula is C13H21BrN4. The Morgan fingerprint density at radius 2 is 2.28 bits per heavy atom. The summed E-state index contributed by atoms with van der Waals surface area (Å²) in [7, 11) is 0. The summed E-state index contributed by atoms with van der Waals surface area (Å²) in [5, 5.41) is 3.54. The normalized spacial score (nSPS) is 20.9. The lowest BCUT2D eigenvalue weighted by Crippen LogP contribution is -2.42. The van der Waals surface area contributed by atoms with Crippen LogP contribution in [0, 0.1) is 0 Å². The highest BCUT2D eigenvalue weighted by Crippen LogP contribution is 2.17. The van der Waals surface area contributed by atoms with Crippen molar-refractivity contribution >= 4 is 21.7 Å². The number of nitrogens with zero attached hydrogens (tertiary/aromatic N) is 3. The minimum atomic E-state index is 0.505. The third-order valence-corrected chi connectivity index (χ3v) is 3.77. The van der Waals surface area contributed by atoms with E-state index >= 15 is 0 Å². The molecule has 0 spiro atoms. The van der Waals surface area contributed by atoms with Crippen molar-refractivity contribution < 1.29 is 0 Å². The van der Waals surface area contributed by atoms with Crippen LogP contribution in [-0.4, -0.2) is 40.5 Å². The summed E-state index contributed by atoms with van der Waals surface area (Å²) in [6.45, 7) is 7.76. The molecule has 18 heavy (non-hydrogen) atoms. The number of likely N-dealkylation sites (N-methyl/N-ethyl adjacent to an activating group) is 1. The van der Waals surface area contributed by atoms with Gasteiger partial charge in [0.2, 0.25) is 0 Å². The maximum Gasteiger partial charge on any atom is 0.131 e. The van der Waals surface area contributed by atoms with Gasteiger partial charge in [-0.05, 0) is 41.9 Å². The van der Waals surface area contributed by atoms with Crippen molar-refractivity contribution in [3.63, 3.8) is 0 Å². The minimum absolute atomic E-state index is 0.505. The van der Waals surface area contributed by atoms with Gasteiger partial charge in [-0.3, -0.25) is 0 Å². The van der Waals surface area contributed by atoms with E-state index in [-0.39, 0.29) is 0 Å². The summed E-state index contributed by atoms with van der Waals surface area (Å²) in [4.78, 5) is 11.3. The molecule has 1 N–H and O–H groups in total. The first-order chi connectivity index (χ1) is 8.71. The largest absolute Gasteiger partial charge is 0.366 e. The smallest absolute Gasteiger partial charge is 0.131 e.